The number of benzene rings is 2. The van der Waals surface area contributed by atoms with E-state index < -0.39 is 11.6 Å². The Bertz CT molecular complexity index is 1230. The van der Waals surface area contributed by atoms with Crippen LogP contribution >= 0.6 is 11.3 Å². The Labute approximate surface area is 158 Å². The van der Waals surface area contributed by atoms with E-state index in [1.54, 1.807) is 25.1 Å². The van der Waals surface area contributed by atoms with Crippen LogP contribution in [0.2, 0.25) is 0 Å². The standard InChI is InChI=1S/C21H15NO4S/c1-12-11-20(24)26-21-13(2)16(8-7-14(12)21)25-19(23)10-9-18-22-15-5-3-4-6-17(15)27-18/h3-11H,1-2H3. The molecule has 2 heterocycles. The maximum Gasteiger partial charge on any atom is 0.336 e. The van der Waals surface area contributed by atoms with E-state index in [0.29, 0.717) is 16.9 Å². The number of thiazole rings is 1. The molecule has 6 heteroatoms. The molecule has 0 saturated heterocycles. The van der Waals surface area contributed by atoms with Crippen molar-refractivity contribution < 1.29 is 13.9 Å². The van der Waals surface area contributed by atoms with E-state index in [1.807, 2.05) is 31.2 Å². The molecule has 0 fully saturated rings. The lowest BCUT2D eigenvalue weighted by Crippen LogP contribution is -2.06. The number of aryl methyl sites for hydroxylation is 2. The van der Waals surface area contributed by atoms with Gasteiger partial charge in [-0.1, -0.05) is 12.1 Å². The zero-order chi connectivity index (χ0) is 19.0. The highest BCUT2D eigenvalue weighted by molar-refractivity contribution is 7.19. The largest absolute Gasteiger partial charge is 0.423 e. The third-order valence-corrected chi connectivity index (χ3v) is 5.20. The van der Waals surface area contributed by atoms with Gasteiger partial charge < -0.3 is 9.15 Å². The number of hydrogen-bond donors (Lipinski definition) is 0. The number of rotatable bonds is 3. The molecular weight excluding hydrogens is 362 g/mol. The summed E-state index contributed by atoms with van der Waals surface area (Å²) in [4.78, 5) is 28.3. The van der Waals surface area contributed by atoms with Gasteiger partial charge in [0.15, 0.2) is 0 Å². The summed E-state index contributed by atoms with van der Waals surface area (Å²) in [6, 6.07) is 12.7. The first-order chi connectivity index (χ1) is 13.0. The zero-order valence-electron chi connectivity index (χ0n) is 14.7. The molecule has 4 aromatic rings. The first kappa shape index (κ1) is 17.2. The van der Waals surface area contributed by atoms with Crippen LogP contribution in [0.25, 0.3) is 27.3 Å². The number of fused-ring (bicyclic) bond motifs is 2. The van der Waals surface area contributed by atoms with Crippen molar-refractivity contribution in [1.82, 2.24) is 4.98 Å². The predicted octanol–water partition coefficient (Wildman–Crippen LogP) is 4.64. The summed E-state index contributed by atoms with van der Waals surface area (Å²) < 4.78 is 11.8. The highest BCUT2D eigenvalue weighted by Gasteiger charge is 2.12. The number of carbonyl (C=O) groups excluding carboxylic acids is 1. The predicted molar refractivity (Wildman–Crippen MR) is 106 cm³/mol. The zero-order valence-corrected chi connectivity index (χ0v) is 15.5. The second-order valence-electron chi connectivity index (χ2n) is 6.09. The monoisotopic (exact) mass is 377 g/mol. The Morgan fingerprint density at radius 2 is 2.00 bits per heavy atom. The fraction of sp³-hybridized carbons (Fsp3) is 0.0952. The van der Waals surface area contributed by atoms with E-state index in [2.05, 4.69) is 4.98 Å². The second kappa shape index (κ2) is 6.81. The molecule has 2 aromatic carbocycles. The molecule has 0 amide bonds. The Morgan fingerprint density at radius 3 is 2.81 bits per heavy atom. The van der Waals surface area contributed by atoms with Crippen LogP contribution in [0.15, 0.2) is 57.8 Å². The number of aromatic nitrogens is 1. The molecule has 0 aliphatic rings. The summed E-state index contributed by atoms with van der Waals surface area (Å²) in [6.45, 7) is 3.59. The number of hydrogen-bond acceptors (Lipinski definition) is 6. The maximum absolute atomic E-state index is 12.2. The van der Waals surface area contributed by atoms with Crippen molar-refractivity contribution in [2.24, 2.45) is 0 Å². The third kappa shape index (κ3) is 3.39. The van der Waals surface area contributed by atoms with Crippen LogP contribution in [0.4, 0.5) is 0 Å². The quantitative estimate of drug-likeness (QED) is 0.225. The van der Waals surface area contributed by atoms with Crippen molar-refractivity contribution in [3.8, 4) is 5.75 Å². The van der Waals surface area contributed by atoms with Crippen LogP contribution in [-0.2, 0) is 4.79 Å². The molecule has 4 rings (SSSR count). The van der Waals surface area contributed by atoms with Gasteiger partial charge >= 0.3 is 11.6 Å². The molecule has 0 atom stereocenters. The van der Waals surface area contributed by atoms with Crippen LogP contribution in [0, 0.1) is 13.8 Å². The summed E-state index contributed by atoms with van der Waals surface area (Å²) in [7, 11) is 0. The van der Waals surface area contributed by atoms with E-state index in [1.165, 1.54) is 23.5 Å². The van der Waals surface area contributed by atoms with Crippen molar-refractivity contribution in [2.45, 2.75) is 13.8 Å². The molecule has 0 aliphatic heterocycles. The number of nitrogens with zero attached hydrogens (tertiary/aromatic N) is 1. The first-order valence-electron chi connectivity index (χ1n) is 8.31. The number of esters is 1. The van der Waals surface area contributed by atoms with Gasteiger partial charge in [-0.15, -0.1) is 11.3 Å². The smallest absolute Gasteiger partial charge is 0.336 e. The Morgan fingerprint density at radius 1 is 1.19 bits per heavy atom. The van der Waals surface area contributed by atoms with Gasteiger partial charge in [-0.05, 0) is 49.8 Å². The molecule has 0 spiro atoms. The molecule has 0 saturated carbocycles. The fourth-order valence-electron chi connectivity index (χ4n) is 2.85. The second-order valence-corrected chi connectivity index (χ2v) is 7.15. The van der Waals surface area contributed by atoms with Gasteiger partial charge in [-0.25, -0.2) is 14.6 Å². The molecule has 0 radical (unpaired) electrons. The van der Waals surface area contributed by atoms with Crippen molar-refractivity contribution in [3.63, 3.8) is 0 Å². The molecular formula is C21H15NO4S. The highest BCUT2D eigenvalue weighted by Crippen LogP contribution is 2.28. The van der Waals surface area contributed by atoms with E-state index in [0.717, 1.165) is 26.2 Å². The molecule has 2 aromatic heterocycles. The molecule has 0 aliphatic carbocycles. The van der Waals surface area contributed by atoms with Gasteiger partial charge in [-0.3, -0.25) is 0 Å². The Balaban J connectivity index is 1.59. The summed E-state index contributed by atoms with van der Waals surface area (Å²) in [5.41, 5.74) is 2.32. The van der Waals surface area contributed by atoms with E-state index in [4.69, 9.17) is 9.15 Å². The topological polar surface area (TPSA) is 69.4 Å². The molecule has 0 unspecified atom stereocenters. The molecule has 0 N–H and O–H groups in total. The van der Waals surface area contributed by atoms with Crippen LogP contribution < -0.4 is 10.4 Å². The van der Waals surface area contributed by atoms with Crippen molar-refractivity contribution in [1.29, 1.82) is 0 Å². The fourth-order valence-corrected chi connectivity index (χ4v) is 3.72. The van der Waals surface area contributed by atoms with Gasteiger partial charge in [0.25, 0.3) is 0 Å². The van der Waals surface area contributed by atoms with Crippen LogP contribution in [-0.4, -0.2) is 11.0 Å². The molecule has 0 bridgehead atoms. The highest BCUT2D eigenvalue weighted by atomic mass is 32.1. The van der Waals surface area contributed by atoms with Gasteiger partial charge in [-0.2, -0.15) is 0 Å². The lowest BCUT2D eigenvalue weighted by atomic mass is 10.1. The SMILES string of the molecule is Cc1cc(=O)oc2c(C)c(OC(=O)C=Cc3nc4ccccc4s3)ccc12. The third-order valence-electron chi connectivity index (χ3n) is 4.20. The van der Waals surface area contributed by atoms with E-state index >= 15 is 0 Å². The van der Waals surface area contributed by atoms with E-state index in [9.17, 15) is 9.59 Å². The minimum Gasteiger partial charge on any atom is -0.423 e. The minimum absolute atomic E-state index is 0.357. The first-order valence-corrected chi connectivity index (χ1v) is 9.12. The van der Waals surface area contributed by atoms with Crippen molar-refractivity contribution in [2.75, 3.05) is 0 Å². The average molecular weight is 377 g/mol. The lowest BCUT2D eigenvalue weighted by molar-refractivity contribution is -0.128. The van der Waals surface area contributed by atoms with Gasteiger partial charge in [0.1, 0.15) is 16.3 Å². The lowest BCUT2D eigenvalue weighted by Gasteiger charge is -2.08. The Kier molecular flexibility index (Phi) is 4.33. The molecule has 5 nitrogen and oxygen atoms in total. The summed E-state index contributed by atoms with van der Waals surface area (Å²) in [5.74, 6) is -0.165. The summed E-state index contributed by atoms with van der Waals surface area (Å²) in [6.07, 6.45) is 2.97. The normalized spacial score (nSPS) is 11.5. The van der Waals surface area contributed by atoms with Gasteiger partial charge in [0.05, 0.1) is 10.2 Å². The summed E-state index contributed by atoms with van der Waals surface area (Å²) >= 11 is 1.50. The van der Waals surface area contributed by atoms with E-state index in [-0.39, 0.29) is 0 Å². The molecule has 27 heavy (non-hydrogen) atoms. The van der Waals surface area contributed by atoms with Crippen LogP contribution in [0.3, 0.4) is 0 Å². The van der Waals surface area contributed by atoms with Crippen molar-refractivity contribution >= 4 is 44.6 Å². The van der Waals surface area contributed by atoms with Crippen molar-refractivity contribution in [3.05, 3.63) is 75.1 Å². The number of para-hydroxylation sites is 1. The maximum atomic E-state index is 12.2. The van der Waals surface area contributed by atoms with Crippen LogP contribution in [0.5, 0.6) is 5.75 Å². The molecule has 134 valence electrons. The van der Waals surface area contributed by atoms with Crippen LogP contribution in [0.1, 0.15) is 16.1 Å². The minimum atomic E-state index is -0.522. The summed E-state index contributed by atoms with van der Waals surface area (Å²) in [5, 5.41) is 1.54. The number of carbonyl (C=O) groups is 1. The Hall–Kier alpha value is -3.25. The number of ether oxygens (including phenoxy) is 1. The van der Waals surface area contributed by atoms with Gasteiger partial charge in [0, 0.05) is 23.1 Å². The van der Waals surface area contributed by atoms with Gasteiger partial charge in [0.2, 0.25) is 0 Å². The average Bonchev–Trinajstić information content (AvgIpc) is 3.06.